The Balaban J connectivity index is 2.23. The molecule has 0 bridgehead atoms. The number of rotatable bonds is 3. The number of fused-ring (bicyclic) bond motifs is 1. The van der Waals surface area contributed by atoms with Gasteiger partial charge < -0.3 is 9.52 Å². The smallest absolute Gasteiger partial charge is 0.338 e. The Labute approximate surface area is 114 Å². The highest BCUT2D eigenvalue weighted by Crippen LogP contribution is 2.26. The lowest BCUT2D eigenvalue weighted by atomic mass is 10.2. The van der Waals surface area contributed by atoms with Gasteiger partial charge in [-0.1, -0.05) is 6.07 Å². The summed E-state index contributed by atoms with van der Waals surface area (Å²) in [5.74, 6) is -0.633. The second-order valence-corrected chi connectivity index (χ2v) is 4.46. The van der Waals surface area contributed by atoms with E-state index in [2.05, 4.69) is 10.1 Å². The largest absolute Gasteiger partial charge is 0.478 e. The Morgan fingerprint density at radius 1 is 1.45 bits per heavy atom. The van der Waals surface area contributed by atoms with Gasteiger partial charge in [-0.05, 0) is 32.0 Å². The van der Waals surface area contributed by atoms with E-state index in [0.29, 0.717) is 23.5 Å². The number of hydrogen-bond donors (Lipinski definition) is 1. The highest BCUT2D eigenvalue weighted by molar-refractivity contribution is 6.00. The van der Waals surface area contributed by atoms with Crippen LogP contribution >= 0.6 is 0 Å². The molecule has 0 atom stereocenters. The second kappa shape index (κ2) is 4.48. The molecule has 0 aliphatic rings. The maximum Gasteiger partial charge on any atom is 0.338 e. The van der Waals surface area contributed by atoms with Gasteiger partial charge in [0, 0.05) is 6.54 Å². The fourth-order valence-electron chi connectivity index (χ4n) is 2.19. The van der Waals surface area contributed by atoms with Gasteiger partial charge in [0.25, 0.3) is 0 Å². The molecule has 0 unspecified atom stereocenters. The van der Waals surface area contributed by atoms with Crippen LogP contribution in [-0.4, -0.2) is 25.8 Å². The molecule has 1 N–H and O–H groups in total. The molecular formula is C14H13N3O3. The van der Waals surface area contributed by atoms with Crippen molar-refractivity contribution in [3.05, 3.63) is 35.5 Å². The van der Waals surface area contributed by atoms with E-state index >= 15 is 0 Å². The lowest BCUT2D eigenvalue weighted by molar-refractivity contribution is 0.0699. The number of aromatic carboxylic acids is 1. The topological polar surface area (TPSA) is 81.2 Å². The van der Waals surface area contributed by atoms with Gasteiger partial charge >= 0.3 is 5.97 Å². The number of carboxylic acid groups (broad SMARTS) is 1. The Hall–Kier alpha value is -2.63. The summed E-state index contributed by atoms with van der Waals surface area (Å²) in [6, 6.07) is 6.73. The summed E-state index contributed by atoms with van der Waals surface area (Å²) < 4.78 is 7.44. The molecule has 0 aliphatic carbocycles. The summed E-state index contributed by atoms with van der Waals surface area (Å²) in [6.45, 7) is 4.55. The number of aryl methyl sites for hydroxylation is 2. The predicted molar refractivity (Wildman–Crippen MR) is 72.6 cm³/mol. The molecule has 0 saturated carbocycles. The SMILES string of the molecule is CCn1nc(C)cc1-c1nc2c(C(=O)O)cccc2o1. The summed E-state index contributed by atoms with van der Waals surface area (Å²) in [5, 5.41) is 13.5. The minimum Gasteiger partial charge on any atom is -0.478 e. The minimum absolute atomic E-state index is 0.136. The second-order valence-electron chi connectivity index (χ2n) is 4.46. The number of carbonyl (C=O) groups is 1. The zero-order valence-electron chi connectivity index (χ0n) is 11.1. The van der Waals surface area contributed by atoms with E-state index in [1.54, 1.807) is 16.8 Å². The van der Waals surface area contributed by atoms with Crippen LogP contribution in [0, 0.1) is 6.92 Å². The van der Waals surface area contributed by atoms with Crippen LogP contribution in [0.2, 0.25) is 0 Å². The molecule has 6 heteroatoms. The third-order valence-electron chi connectivity index (χ3n) is 3.07. The van der Waals surface area contributed by atoms with Crippen molar-refractivity contribution in [2.75, 3.05) is 0 Å². The summed E-state index contributed by atoms with van der Waals surface area (Å²) in [6.07, 6.45) is 0. The van der Waals surface area contributed by atoms with E-state index < -0.39 is 5.97 Å². The number of oxazole rings is 1. The minimum atomic E-state index is -1.02. The number of para-hydroxylation sites is 1. The van der Waals surface area contributed by atoms with Crippen LogP contribution < -0.4 is 0 Å². The molecule has 6 nitrogen and oxygen atoms in total. The van der Waals surface area contributed by atoms with Crippen molar-refractivity contribution in [1.29, 1.82) is 0 Å². The van der Waals surface area contributed by atoms with E-state index in [4.69, 9.17) is 9.52 Å². The van der Waals surface area contributed by atoms with Gasteiger partial charge in [-0.2, -0.15) is 5.10 Å². The van der Waals surface area contributed by atoms with Crippen molar-refractivity contribution >= 4 is 17.1 Å². The Morgan fingerprint density at radius 3 is 2.95 bits per heavy atom. The molecule has 0 spiro atoms. The molecule has 0 aliphatic heterocycles. The number of nitrogens with zero attached hydrogens (tertiary/aromatic N) is 3. The molecule has 0 radical (unpaired) electrons. The predicted octanol–water partition coefficient (Wildman–Crippen LogP) is 2.72. The maximum absolute atomic E-state index is 11.2. The van der Waals surface area contributed by atoms with E-state index in [9.17, 15) is 4.79 Å². The number of benzene rings is 1. The highest BCUT2D eigenvalue weighted by Gasteiger charge is 2.17. The lowest BCUT2D eigenvalue weighted by Gasteiger charge is -1.98. The molecule has 0 amide bonds. The van der Waals surface area contributed by atoms with Crippen LogP contribution in [0.3, 0.4) is 0 Å². The monoisotopic (exact) mass is 271 g/mol. The zero-order valence-corrected chi connectivity index (χ0v) is 11.1. The summed E-state index contributed by atoms with van der Waals surface area (Å²) >= 11 is 0. The third-order valence-corrected chi connectivity index (χ3v) is 3.07. The molecule has 0 saturated heterocycles. The molecule has 20 heavy (non-hydrogen) atoms. The molecule has 3 rings (SSSR count). The summed E-state index contributed by atoms with van der Waals surface area (Å²) in [5.41, 5.74) is 2.56. The molecule has 102 valence electrons. The summed E-state index contributed by atoms with van der Waals surface area (Å²) in [4.78, 5) is 15.5. The number of carboxylic acids is 1. The van der Waals surface area contributed by atoms with Crippen molar-refractivity contribution in [3.63, 3.8) is 0 Å². The van der Waals surface area contributed by atoms with Crippen molar-refractivity contribution in [2.45, 2.75) is 20.4 Å². The lowest BCUT2D eigenvalue weighted by Crippen LogP contribution is -1.99. The highest BCUT2D eigenvalue weighted by atomic mass is 16.4. The first-order chi connectivity index (χ1) is 9.60. The Morgan fingerprint density at radius 2 is 2.25 bits per heavy atom. The van der Waals surface area contributed by atoms with Gasteiger partial charge in [0.05, 0.1) is 11.3 Å². The third kappa shape index (κ3) is 1.85. The van der Waals surface area contributed by atoms with Crippen molar-refractivity contribution in [3.8, 4) is 11.6 Å². The van der Waals surface area contributed by atoms with Crippen LogP contribution in [-0.2, 0) is 6.54 Å². The maximum atomic E-state index is 11.2. The standard InChI is InChI=1S/C14H13N3O3/c1-3-17-10(7-8(2)16-17)13-15-12-9(14(18)19)5-4-6-11(12)20-13/h4-7H,3H2,1-2H3,(H,18,19). The molecular weight excluding hydrogens is 258 g/mol. The van der Waals surface area contributed by atoms with Gasteiger partial charge in [0.15, 0.2) is 5.58 Å². The van der Waals surface area contributed by atoms with Gasteiger partial charge in [-0.15, -0.1) is 0 Å². The van der Waals surface area contributed by atoms with Crippen molar-refractivity contribution in [2.24, 2.45) is 0 Å². The average Bonchev–Trinajstić information content (AvgIpc) is 3.00. The van der Waals surface area contributed by atoms with Gasteiger partial charge in [-0.3, -0.25) is 4.68 Å². The molecule has 3 aromatic rings. The van der Waals surface area contributed by atoms with E-state index in [0.717, 1.165) is 11.4 Å². The van der Waals surface area contributed by atoms with Crippen molar-refractivity contribution in [1.82, 2.24) is 14.8 Å². The van der Waals surface area contributed by atoms with Crippen LogP contribution in [0.1, 0.15) is 23.0 Å². The fourth-order valence-corrected chi connectivity index (χ4v) is 2.19. The zero-order chi connectivity index (χ0) is 14.3. The summed E-state index contributed by atoms with van der Waals surface area (Å²) in [7, 11) is 0. The molecule has 2 heterocycles. The average molecular weight is 271 g/mol. The van der Waals surface area contributed by atoms with Crippen molar-refractivity contribution < 1.29 is 14.3 Å². The van der Waals surface area contributed by atoms with Gasteiger partial charge in [-0.25, -0.2) is 9.78 Å². The number of hydrogen-bond acceptors (Lipinski definition) is 4. The molecule has 2 aromatic heterocycles. The van der Waals surface area contributed by atoms with Crippen LogP contribution in [0.4, 0.5) is 0 Å². The molecule has 1 aromatic carbocycles. The van der Waals surface area contributed by atoms with E-state index in [1.807, 2.05) is 19.9 Å². The first kappa shape index (κ1) is 12.4. The normalized spacial score (nSPS) is 11.1. The van der Waals surface area contributed by atoms with Crippen LogP contribution in [0.15, 0.2) is 28.7 Å². The number of aromatic nitrogens is 3. The van der Waals surface area contributed by atoms with Crippen LogP contribution in [0.5, 0.6) is 0 Å². The van der Waals surface area contributed by atoms with E-state index in [1.165, 1.54) is 6.07 Å². The quantitative estimate of drug-likeness (QED) is 0.792. The molecule has 0 fully saturated rings. The fraction of sp³-hybridized carbons (Fsp3) is 0.214. The Kier molecular flexibility index (Phi) is 2.78. The first-order valence-corrected chi connectivity index (χ1v) is 6.28. The van der Waals surface area contributed by atoms with Gasteiger partial charge in [0.1, 0.15) is 11.2 Å². The van der Waals surface area contributed by atoms with Gasteiger partial charge in [0.2, 0.25) is 5.89 Å². The Bertz CT molecular complexity index is 801. The van der Waals surface area contributed by atoms with Crippen LogP contribution in [0.25, 0.3) is 22.7 Å². The van der Waals surface area contributed by atoms with E-state index in [-0.39, 0.29) is 5.56 Å². The first-order valence-electron chi connectivity index (χ1n) is 6.28.